The van der Waals surface area contributed by atoms with Gasteiger partial charge in [-0.15, -0.1) is 0 Å². The summed E-state index contributed by atoms with van der Waals surface area (Å²) < 4.78 is 0.814. The van der Waals surface area contributed by atoms with E-state index in [-0.39, 0.29) is 0 Å². The number of aliphatic imine (C=N–C) groups is 1. The van der Waals surface area contributed by atoms with Crippen molar-refractivity contribution in [2.24, 2.45) is 10.7 Å². The van der Waals surface area contributed by atoms with Gasteiger partial charge < -0.3 is 5.73 Å². The molecule has 11 heavy (non-hydrogen) atoms. The Hall–Kier alpha value is -0.490. The number of nitrogens with two attached hydrogens (primary N) is 1. The van der Waals surface area contributed by atoms with E-state index in [0.717, 1.165) is 4.47 Å². The molecule has 60 valence electrons. The summed E-state index contributed by atoms with van der Waals surface area (Å²) in [6.07, 6.45) is 3.50. The highest BCUT2D eigenvalue weighted by molar-refractivity contribution is 9.10. The summed E-state index contributed by atoms with van der Waals surface area (Å²) in [6.45, 7) is 0. The van der Waals surface area contributed by atoms with Crippen molar-refractivity contribution in [2.45, 2.75) is 0 Å². The van der Waals surface area contributed by atoms with Gasteiger partial charge in [-0.1, -0.05) is 11.8 Å². The van der Waals surface area contributed by atoms with E-state index in [1.807, 2.05) is 6.26 Å². The monoisotopic (exact) mass is 234 g/mol. The van der Waals surface area contributed by atoms with Crippen molar-refractivity contribution < 1.29 is 0 Å². The van der Waals surface area contributed by atoms with Gasteiger partial charge in [-0.05, 0) is 22.2 Å². The Kier molecular flexibility index (Phi) is 2.95. The van der Waals surface area contributed by atoms with Crippen molar-refractivity contribution >= 4 is 38.7 Å². The molecule has 0 aliphatic rings. The molecule has 0 spiro atoms. The average Bonchev–Trinajstić information content (AvgIpc) is 2.37. The minimum Gasteiger partial charge on any atom is -0.378 e. The number of nitrogens with zero attached hydrogens (tertiary/aromatic N) is 2. The smallest absolute Gasteiger partial charge is 0.165 e. The van der Waals surface area contributed by atoms with Crippen molar-refractivity contribution in [2.75, 3.05) is 6.26 Å². The normalized spacial score (nSPS) is 12.0. The number of aromatic nitrogens is 2. The van der Waals surface area contributed by atoms with Crippen LogP contribution in [0.25, 0.3) is 0 Å². The lowest BCUT2D eigenvalue weighted by Crippen LogP contribution is -2.04. The number of aromatic amines is 1. The predicted octanol–water partition coefficient (Wildman–Crippen LogP) is 1.48. The molecule has 0 atom stereocenters. The quantitative estimate of drug-likeness (QED) is 0.572. The zero-order valence-corrected chi connectivity index (χ0v) is 8.24. The Balaban J connectivity index is 2.86. The molecule has 0 fully saturated rings. The molecule has 0 bridgehead atoms. The summed E-state index contributed by atoms with van der Waals surface area (Å²) in [6, 6.07) is 0. The number of nitrogens with one attached hydrogen (secondary N) is 1. The molecule has 0 unspecified atom stereocenters. The molecule has 0 radical (unpaired) electrons. The van der Waals surface area contributed by atoms with Crippen molar-refractivity contribution in [3.63, 3.8) is 0 Å². The lowest BCUT2D eigenvalue weighted by molar-refractivity contribution is 1.08. The number of hydrogen-bond donors (Lipinski definition) is 2. The van der Waals surface area contributed by atoms with Crippen LogP contribution in [0.5, 0.6) is 0 Å². The third-order valence-electron chi connectivity index (χ3n) is 1.01. The van der Waals surface area contributed by atoms with E-state index < -0.39 is 0 Å². The lowest BCUT2D eigenvalue weighted by atomic mass is 10.7. The highest BCUT2D eigenvalue weighted by atomic mass is 79.9. The topological polar surface area (TPSA) is 67.1 Å². The van der Waals surface area contributed by atoms with Gasteiger partial charge in [0, 0.05) is 0 Å². The van der Waals surface area contributed by atoms with Gasteiger partial charge in [-0.25, -0.2) is 4.99 Å². The molecular weight excluding hydrogens is 228 g/mol. The van der Waals surface area contributed by atoms with Gasteiger partial charge in [0.05, 0.1) is 10.7 Å². The number of amidine groups is 1. The summed E-state index contributed by atoms with van der Waals surface area (Å²) in [5.74, 6) is 0.650. The first-order valence-corrected chi connectivity index (χ1v) is 4.83. The van der Waals surface area contributed by atoms with E-state index in [1.54, 1.807) is 6.20 Å². The maximum absolute atomic E-state index is 5.48. The Morgan fingerprint density at radius 1 is 1.91 bits per heavy atom. The predicted molar refractivity (Wildman–Crippen MR) is 51.1 cm³/mol. The van der Waals surface area contributed by atoms with Crippen LogP contribution in [0.4, 0.5) is 5.82 Å². The minimum atomic E-state index is 0.509. The van der Waals surface area contributed by atoms with Gasteiger partial charge in [-0.3, -0.25) is 5.10 Å². The fourth-order valence-electron chi connectivity index (χ4n) is 0.499. The number of rotatable bonds is 1. The molecule has 4 nitrogen and oxygen atoms in total. The first-order chi connectivity index (χ1) is 5.24. The number of H-pyrrole nitrogens is 1. The molecule has 1 aromatic heterocycles. The Bertz CT molecular complexity index is 269. The van der Waals surface area contributed by atoms with Crippen LogP contribution in [0.1, 0.15) is 0 Å². The summed E-state index contributed by atoms with van der Waals surface area (Å²) in [5, 5.41) is 6.97. The molecule has 0 saturated heterocycles. The molecule has 6 heteroatoms. The van der Waals surface area contributed by atoms with Crippen LogP contribution >= 0.6 is 27.7 Å². The Morgan fingerprint density at radius 2 is 2.64 bits per heavy atom. The summed E-state index contributed by atoms with van der Waals surface area (Å²) in [7, 11) is 0. The number of thioether (sulfide) groups is 1. The van der Waals surface area contributed by atoms with Crippen LogP contribution in [0.3, 0.4) is 0 Å². The molecule has 1 rings (SSSR count). The standard InChI is InChI=1S/C5H7BrN4S/c1-11-5(7)9-4-3(6)2-8-10-4/h2H,1H3,(H3,7,8,9,10). The van der Waals surface area contributed by atoms with E-state index >= 15 is 0 Å². The third kappa shape index (κ3) is 2.23. The largest absolute Gasteiger partial charge is 0.378 e. The van der Waals surface area contributed by atoms with Gasteiger partial charge >= 0.3 is 0 Å². The fourth-order valence-corrected chi connectivity index (χ4v) is 0.961. The van der Waals surface area contributed by atoms with Crippen LogP contribution in [-0.2, 0) is 0 Å². The lowest BCUT2D eigenvalue weighted by Gasteiger charge is -1.91. The second-order valence-electron chi connectivity index (χ2n) is 1.72. The number of hydrogen-bond acceptors (Lipinski definition) is 3. The second kappa shape index (κ2) is 3.77. The average molecular weight is 235 g/mol. The Morgan fingerprint density at radius 3 is 3.09 bits per heavy atom. The van der Waals surface area contributed by atoms with Crippen LogP contribution in [0, 0.1) is 0 Å². The maximum atomic E-state index is 5.48. The zero-order chi connectivity index (χ0) is 8.27. The summed E-state index contributed by atoms with van der Waals surface area (Å²) >= 11 is 4.65. The van der Waals surface area contributed by atoms with Gasteiger partial charge in [0.1, 0.15) is 0 Å². The molecule has 0 aliphatic heterocycles. The van der Waals surface area contributed by atoms with E-state index in [4.69, 9.17) is 5.73 Å². The number of halogens is 1. The molecule has 1 aromatic rings. The summed E-state index contributed by atoms with van der Waals surface area (Å²) in [4.78, 5) is 4.03. The highest BCUT2D eigenvalue weighted by Gasteiger charge is 1.99. The van der Waals surface area contributed by atoms with Crippen LogP contribution in [0.15, 0.2) is 15.7 Å². The maximum Gasteiger partial charge on any atom is 0.165 e. The molecule has 0 amide bonds. The van der Waals surface area contributed by atoms with Crippen LogP contribution in [-0.4, -0.2) is 21.6 Å². The van der Waals surface area contributed by atoms with E-state index in [1.165, 1.54) is 11.8 Å². The molecule has 3 N–H and O–H groups in total. The first-order valence-electron chi connectivity index (χ1n) is 2.81. The molecule has 0 saturated carbocycles. The van der Waals surface area contributed by atoms with E-state index in [2.05, 4.69) is 31.1 Å². The molecule has 0 aliphatic carbocycles. The zero-order valence-electron chi connectivity index (χ0n) is 5.84. The van der Waals surface area contributed by atoms with E-state index in [9.17, 15) is 0 Å². The van der Waals surface area contributed by atoms with Crippen molar-refractivity contribution in [1.29, 1.82) is 0 Å². The molecule has 1 heterocycles. The van der Waals surface area contributed by atoms with Crippen molar-refractivity contribution in [3.05, 3.63) is 10.7 Å². The second-order valence-corrected chi connectivity index (χ2v) is 3.40. The van der Waals surface area contributed by atoms with E-state index in [0.29, 0.717) is 11.0 Å². The third-order valence-corrected chi connectivity index (χ3v) is 2.10. The minimum absolute atomic E-state index is 0.509. The molecule has 0 aromatic carbocycles. The molecular formula is C5H7BrN4S. The van der Waals surface area contributed by atoms with Crippen LogP contribution in [0.2, 0.25) is 0 Å². The van der Waals surface area contributed by atoms with Gasteiger partial charge in [0.2, 0.25) is 0 Å². The van der Waals surface area contributed by atoms with Gasteiger partial charge in [0.25, 0.3) is 0 Å². The van der Waals surface area contributed by atoms with Crippen molar-refractivity contribution in [1.82, 2.24) is 10.2 Å². The SMILES string of the molecule is CSC(N)=Nc1[nH]ncc1Br. The highest BCUT2D eigenvalue weighted by Crippen LogP contribution is 2.21. The fraction of sp³-hybridized carbons (Fsp3) is 0.200. The van der Waals surface area contributed by atoms with Crippen molar-refractivity contribution in [3.8, 4) is 0 Å². The van der Waals surface area contributed by atoms with Gasteiger partial charge in [0.15, 0.2) is 11.0 Å². The Labute approximate surface area is 76.8 Å². The van der Waals surface area contributed by atoms with Crippen LogP contribution < -0.4 is 5.73 Å². The van der Waals surface area contributed by atoms with Gasteiger partial charge in [-0.2, -0.15) is 5.10 Å². The first kappa shape index (κ1) is 8.61. The summed E-state index contributed by atoms with van der Waals surface area (Å²) in [5.41, 5.74) is 5.48.